The summed E-state index contributed by atoms with van der Waals surface area (Å²) in [5.41, 5.74) is 1.38. The summed E-state index contributed by atoms with van der Waals surface area (Å²) in [7, 11) is -3.76. The van der Waals surface area contributed by atoms with Crippen molar-refractivity contribution in [2.45, 2.75) is 62.8 Å². The van der Waals surface area contributed by atoms with Crippen molar-refractivity contribution < 1.29 is 8.42 Å². The fraction of sp³-hybridized carbons (Fsp3) is 0.579. The minimum Gasteiger partial charge on any atom is -0.381 e. The number of hydrogen-bond donors (Lipinski definition) is 2. The Labute approximate surface area is 164 Å². The highest BCUT2D eigenvalue weighted by molar-refractivity contribution is 7.93. The Morgan fingerprint density at radius 2 is 2.04 bits per heavy atom. The molecular weight excluding hydrogens is 380 g/mol. The van der Waals surface area contributed by atoms with Gasteiger partial charge in [-0.3, -0.25) is 9.71 Å². The summed E-state index contributed by atoms with van der Waals surface area (Å²) in [5, 5.41) is 5.77. The lowest BCUT2D eigenvalue weighted by molar-refractivity contribution is 0.439. The van der Waals surface area contributed by atoms with Crippen LogP contribution in [0.5, 0.6) is 0 Å². The molecule has 2 N–H and O–H groups in total. The molecular formula is C19H26N4O2S2. The van der Waals surface area contributed by atoms with E-state index in [1.165, 1.54) is 36.8 Å². The van der Waals surface area contributed by atoms with Gasteiger partial charge in [0.15, 0.2) is 5.13 Å². The first-order valence-electron chi connectivity index (χ1n) is 9.42. The van der Waals surface area contributed by atoms with Crippen LogP contribution in [0, 0.1) is 11.8 Å². The molecule has 27 heavy (non-hydrogen) atoms. The average Bonchev–Trinajstić information content (AvgIpc) is 3.31. The number of aromatic nitrogens is 2. The maximum Gasteiger partial charge on any atom is 0.267 e. The standard InChI is InChI=1S/C19H26N4O2S2/c1-19(2,3)17-11-26-18(22-17)23-27(24,25)16-10-20-7-6-14(16)21-15-9-12-4-5-13(15)8-12/h6-7,10-13,15H,4-5,8-9H2,1-3H3,(H,20,21)(H,22,23)/t12-,13+,15+/m0/s1. The largest absolute Gasteiger partial charge is 0.381 e. The van der Waals surface area contributed by atoms with Crippen molar-refractivity contribution in [3.8, 4) is 0 Å². The highest BCUT2D eigenvalue weighted by Gasteiger charge is 2.40. The van der Waals surface area contributed by atoms with Crippen LogP contribution in [0.4, 0.5) is 10.8 Å². The lowest BCUT2D eigenvalue weighted by Gasteiger charge is -2.25. The number of pyridine rings is 1. The second-order valence-corrected chi connectivity index (χ2v) is 11.2. The number of anilines is 2. The number of rotatable bonds is 5. The molecule has 0 aliphatic heterocycles. The molecule has 0 radical (unpaired) electrons. The average molecular weight is 407 g/mol. The quantitative estimate of drug-likeness (QED) is 0.776. The van der Waals surface area contributed by atoms with E-state index in [0.717, 1.165) is 18.0 Å². The van der Waals surface area contributed by atoms with Gasteiger partial charge in [0.05, 0.1) is 11.4 Å². The molecule has 2 aromatic heterocycles. The van der Waals surface area contributed by atoms with Crippen molar-refractivity contribution in [2.75, 3.05) is 10.0 Å². The van der Waals surface area contributed by atoms with Crippen LogP contribution in [0.25, 0.3) is 0 Å². The second kappa shape index (κ2) is 6.74. The van der Waals surface area contributed by atoms with Crippen LogP contribution >= 0.6 is 11.3 Å². The molecule has 2 saturated carbocycles. The topological polar surface area (TPSA) is 84.0 Å². The summed E-state index contributed by atoms with van der Waals surface area (Å²) in [6.45, 7) is 6.16. The predicted molar refractivity (Wildman–Crippen MR) is 109 cm³/mol. The van der Waals surface area contributed by atoms with E-state index in [-0.39, 0.29) is 10.3 Å². The first-order valence-corrected chi connectivity index (χ1v) is 11.8. The van der Waals surface area contributed by atoms with Gasteiger partial charge in [0.25, 0.3) is 10.0 Å². The summed E-state index contributed by atoms with van der Waals surface area (Å²) in [6, 6.07) is 2.11. The fourth-order valence-electron chi connectivity index (χ4n) is 4.17. The SMILES string of the molecule is CC(C)(C)c1csc(NS(=O)(=O)c2cnccc2N[C@@H]2C[C@H]3CC[C@@H]2C3)n1. The number of fused-ring (bicyclic) bond motifs is 2. The first kappa shape index (κ1) is 18.7. The van der Waals surface area contributed by atoms with E-state index in [4.69, 9.17) is 0 Å². The smallest absolute Gasteiger partial charge is 0.267 e. The molecule has 2 aromatic rings. The molecule has 146 valence electrons. The molecule has 0 aromatic carbocycles. The Morgan fingerprint density at radius 3 is 2.67 bits per heavy atom. The zero-order chi connectivity index (χ0) is 19.2. The number of nitrogens with zero attached hydrogens (tertiary/aromatic N) is 2. The van der Waals surface area contributed by atoms with Gasteiger partial charge < -0.3 is 5.32 Å². The van der Waals surface area contributed by atoms with Crippen molar-refractivity contribution >= 4 is 32.2 Å². The third kappa shape index (κ3) is 3.82. The molecule has 0 spiro atoms. The van der Waals surface area contributed by atoms with Gasteiger partial charge in [0.1, 0.15) is 4.90 Å². The lowest BCUT2D eigenvalue weighted by atomic mass is 9.93. The zero-order valence-corrected chi connectivity index (χ0v) is 17.5. The molecule has 0 amide bonds. The Bertz CT molecular complexity index is 933. The van der Waals surface area contributed by atoms with Gasteiger partial charge in [0.2, 0.25) is 0 Å². The molecule has 0 unspecified atom stereocenters. The van der Waals surface area contributed by atoms with Crippen molar-refractivity contribution in [1.29, 1.82) is 0 Å². The second-order valence-electron chi connectivity index (χ2n) is 8.69. The molecule has 6 nitrogen and oxygen atoms in total. The molecule has 2 heterocycles. The third-order valence-electron chi connectivity index (χ3n) is 5.65. The van der Waals surface area contributed by atoms with Crippen LogP contribution in [0.2, 0.25) is 0 Å². The van der Waals surface area contributed by atoms with E-state index >= 15 is 0 Å². The van der Waals surface area contributed by atoms with E-state index < -0.39 is 10.0 Å². The molecule has 2 aliphatic carbocycles. The summed E-state index contributed by atoms with van der Waals surface area (Å²) in [5.74, 6) is 1.44. The van der Waals surface area contributed by atoms with E-state index in [1.54, 1.807) is 12.3 Å². The summed E-state index contributed by atoms with van der Waals surface area (Å²) in [4.78, 5) is 8.67. The van der Waals surface area contributed by atoms with Crippen molar-refractivity contribution in [3.63, 3.8) is 0 Å². The van der Waals surface area contributed by atoms with Gasteiger partial charge in [-0.05, 0) is 37.2 Å². The highest BCUT2D eigenvalue weighted by Crippen LogP contribution is 2.46. The molecule has 3 atom stereocenters. The minimum absolute atomic E-state index is 0.122. The minimum atomic E-state index is -3.76. The van der Waals surface area contributed by atoms with Gasteiger partial charge in [-0.2, -0.15) is 0 Å². The van der Waals surface area contributed by atoms with Crippen molar-refractivity contribution in [3.05, 3.63) is 29.5 Å². The molecule has 8 heteroatoms. The predicted octanol–water partition coefficient (Wildman–Crippen LogP) is 4.24. The number of nitrogens with one attached hydrogen (secondary N) is 2. The van der Waals surface area contributed by atoms with Crippen LogP contribution in [-0.2, 0) is 15.4 Å². The van der Waals surface area contributed by atoms with Crippen LogP contribution in [0.1, 0.15) is 52.1 Å². The third-order valence-corrected chi connectivity index (χ3v) is 7.90. The first-order chi connectivity index (χ1) is 12.7. The fourth-order valence-corrected chi connectivity index (χ4v) is 6.47. The van der Waals surface area contributed by atoms with Gasteiger partial charge in [-0.1, -0.05) is 27.2 Å². The van der Waals surface area contributed by atoms with Gasteiger partial charge >= 0.3 is 0 Å². The van der Waals surface area contributed by atoms with E-state index in [9.17, 15) is 8.42 Å². The normalized spacial score (nSPS) is 24.9. The number of thiazole rings is 1. The maximum absolute atomic E-state index is 13.0. The Kier molecular flexibility index (Phi) is 4.66. The molecule has 0 saturated heterocycles. The monoisotopic (exact) mass is 406 g/mol. The molecule has 4 rings (SSSR count). The van der Waals surface area contributed by atoms with Crippen LogP contribution in [0.15, 0.2) is 28.7 Å². The summed E-state index contributed by atoms with van der Waals surface area (Å²) < 4.78 is 28.6. The van der Waals surface area contributed by atoms with Crippen molar-refractivity contribution in [1.82, 2.24) is 9.97 Å². The maximum atomic E-state index is 13.0. The van der Waals surface area contributed by atoms with Gasteiger partial charge in [-0.25, -0.2) is 13.4 Å². The number of sulfonamides is 1. The highest BCUT2D eigenvalue weighted by atomic mass is 32.2. The summed E-state index contributed by atoms with van der Waals surface area (Å²) in [6.07, 6.45) is 7.99. The van der Waals surface area contributed by atoms with Crippen LogP contribution in [0.3, 0.4) is 0 Å². The Morgan fingerprint density at radius 1 is 1.22 bits per heavy atom. The molecule has 2 bridgehead atoms. The molecule has 2 fully saturated rings. The Balaban J connectivity index is 1.56. The van der Waals surface area contributed by atoms with Crippen LogP contribution in [-0.4, -0.2) is 24.4 Å². The molecule has 2 aliphatic rings. The van der Waals surface area contributed by atoms with E-state index in [1.807, 2.05) is 5.38 Å². The van der Waals surface area contributed by atoms with Crippen molar-refractivity contribution in [2.24, 2.45) is 11.8 Å². The lowest BCUT2D eigenvalue weighted by Crippen LogP contribution is -2.27. The van der Waals surface area contributed by atoms with E-state index in [0.29, 0.717) is 22.8 Å². The van der Waals surface area contributed by atoms with Gasteiger partial charge in [-0.15, -0.1) is 11.3 Å². The Hall–Kier alpha value is -1.67. The van der Waals surface area contributed by atoms with E-state index in [2.05, 4.69) is 40.8 Å². The summed E-state index contributed by atoms with van der Waals surface area (Å²) >= 11 is 1.30. The number of hydrogen-bond acceptors (Lipinski definition) is 6. The van der Waals surface area contributed by atoms with Crippen LogP contribution < -0.4 is 10.0 Å². The van der Waals surface area contributed by atoms with Gasteiger partial charge in [0, 0.05) is 29.2 Å². The zero-order valence-electron chi connectivity index (χ0n) is 15.9.